The van der Waals surface area contributed by atoms with Crippen LogP contribution in [0.2, 0.25) is 36.3 Å². The molecule has 0 aliphatic carbocycles. The molecule has 0 aromatic heterocycles. The zero-order chi connectivity index (χ0) is 38.2. The lowest BCUT2D eigenvalue weighted by molar-refractivity contribution is -0.121. The van der Waals surface area contributed by atoms with Gasteiger partial charge in [0.25, 0.3) is 5.91 Å². The second kappa shape index (κ2) is 25.1. The van der Waals surface area contributed by atoms with Crippen LogP contribution in [0.25, 0.3) is 0 Å². The second-order valence-corrected chi connectivity index (χ2v) is 22.7. The van der Waals surface area contributed by atoms with Crippen LogP contribution in [0.5, 0.6) is 0 Å². The van der Waals surface area contributed by atoms with Gasteiger partial charge in [-0.25, -0.2) is 0 Å². The molecule has 0 bridgehead atoms. The van der Waals surface area contributed by atoms with E-state index < -0.39 is 22.2 Å². The maximum atomic E-state index is 12.9. The van der Waals surface area contributed by atoms with E-state index in [2.05, 4.69) is 116 Å². The summed E-state index contributed by atoms with van der Waals surface area (Å²) in [4.78, 5) is 12.9. The number of hydrogen-bond donors (Lipinski definition) is 1. The number of nitrogens with one attached hydrogen (secondary N) is 1. The Morgan fingerprint density at radius 2 is 1.40 bits per heavy atom. The van der Waals surface area contributed by atoms with Crippen LogP contribution in [-0.4, -0.2) is 47.4 Å². The quantitative estimate of drug-likeness (QED) is 0.0441. The Balaban J connectivity index is 6.64. The van der Waals surface area contributed by atoms with Crippen molar-refractivity contribution in [2.75, 3.05) is 7.11 Å². The minimum Gasteiger partial charge on any atom is -0.491 e. The summed E-state index contributed by atoms with van der Waals surface area (Å²) in [6.07, 6.45) is 28.6. The SMILES string of the molecule is C=C/C=C(C)/C=C/C=C\[C@H](O[Si](CC)(CC)CC)[C@@](C)(/C=C/C=C/C=C(C)/C=C(\OC)C(=O)N[C@@H](C)C/C=C(\C)C=C)O[Si](CC)(CC)CC. The van der Waals surface area contributed by atoms with Crippen LogP contribution in [0.15, 0.2) is 121 Å². The van der Waals surface area contributed by atoms with Crippen LogP contribution >= 0.6 is 0 Å². The van der Waals surface area contributed by atoms with E-state index in [-0.39, 0.29) is 23.8 Å². The van der Waals surface area contributed by atoms with Gasteiger partial charge in [0.1, 0.15) is 5.60 Å². The molecule has 5 nitrogen and oxygen atoms in total. The summed E-state index contributed by atoms with van der Waals surface area (Å²) in [6.45, 7) is 31.4. The maximum absolute atomic E-state index is 12.9. The van der Waals surface area contributed by atoms with Gasteiger partial charge in [-0.05, 0) is 89.0 Å². The van der Waals surface area contributed by atoms with E-state index in [0.717, 1.165) is 59.4 Å². The highest BCUT2D eigenvalue weighted by Crippen LogP contribution is 2.36. The molecule has 1 N–H and O–H groups in total. The van der Waals surface area contributed by atoms with Gasteiger partial charge in [-0.15, -0.1) is 0 Å². The fourth-order valence-electron chi connectivity index (χ4n) is 5.64. The molecular formula is C43H71NO4Si2. The lowest BCUT2D eigenvalue weighted by Crippen LogP contribution is -2.54. The zero-order valence-corrected chi connectivity index (χ0v) is 35.7. The van der Waals surface area contributed by atoms with Crippen LogP contribution in [0, 0.1) is 0 Å². The molecule has 0 radical (unpaired) electrons. The summed E-state index contributed by atoms with van der Waals surface area (Å²) in [7, 11) is -2.51. The lowest BCUT2D eigenvalue weighted by Gasteiger charge is -2.45. The molecule has 0 heterocycles. The first-order valence-corrected chi connectivity index (χ1v) is 23.7. The zero-order valence-electron chi connectivity index (χ0n) is 33.7. The fourth-order valence-corrected chi connectivity index (χ4v) is 11.5. The van der Waals surface area contributed by atoms with Crippen LogP contribution in [0.4, 0.5) is 0 Å². The van der Waals surface area contributed by atoms with Crippen molar-refractivity contribution in [1.82, 2.24) is 5.32 Å². The molecule has 0 aliphatic rings. The number of rotatable bonds is 25. The summed E-state index contributed by atoms with van der Waals surface area (Å²) in [5, 5.41) is 3.01. The first-order chi connectivity index (χ1) is 23.7. The van der Waals surface area contributed by atoms with E-state index in [1.807, 2.05) is 45.1 Å². The standard InChI is InChI=1S/C43H71NO4Si2/c1-15-28-37(10)29-25-26-31-41(47-49(17-3,18-4)19-5)43(13,48-50(20-6,21-7)22-8)34-27-23-24-30-38(11)35-40(46-14)42(45)44-39(12)33-32-36(9)16-2/h15-16,23-32,34-35,39,41H,1-2,17-22,33H2,3-14H3,(H,44,45)/b24-23+,29-25+,31-26-,34-27+,36-32+,37-28+,38-30+,40-35-/t39-,41-,43+/m0/s1. The minimum atomic E-state index is -2.03. The van der Waals surface area contributed by atoms with E-state index in [0.29, 0.717) is 0 Å². The summed E-state index contributed by atoms with van der Waals surface area (Å²) >= 11 is 0. The molecule has 280 valence electrons. The molecule has 0 aromatic carbocycles. The molecule has 50 heavy (non-hydrogen) atoms. The van der Waals surface area contributed by atoms with Crippen molar-refractivity contribution in [2.45, 2.75) is 137 Å². The van der Waals surface area contributed by atoms with E-state index in [1.54, 1.807) is 18.2 Å². The number of carbonyl (C=O) groups is 1. The number of methoxy groups -OCH3 is 1. The maximum Gasteiger partial charge on any atom is 0.286 e. The number of amides is 1. The molecule has 3 atom stereocenters. The third-order valence-electron chi connectivity index (χ3n) is 9.69. The van der Waals surface area contributed by atoms with Gasteiger partial charge in [-0.3, -0.25) is 4.79 Å². The van der Waals surface area contributed by atoms with E-state index >= 15 is 0 Å². The summed E-state index contributed by atoms with van der Waals surface area (Å²) in [5.74, 6) is 0.0303. The van der Waals surface area contributed by atoms with Crippen molar-refractivity contribution in [1.29, 1.82) is 0 Å². The Labute approximate surface area is 309 Å². The Kier molecular flexibility index (Phi) is 23.6. The first kappa shape index (κ1) is 47.0. The Hall–Kier alpha value is -2.98. The Morgan fingerprint density at radius 3 is 1.92 bits per heavy atom. The van der Waals surface area contributed by atoms with Gasteiger partial charge in [0, 0.05) is 6.04 Å². The van der Waals surface area contributed by atoms with Gasteiger partial charge in [-0.2, -0.15) is 0 Å². The van der Waals surface area contributed by atoms with Gasteiger partial charge in [0.05, 0.1) is 13.2 Å². The largest absolute Gasteiger partial charge is 0.491 e. The van der Waals surface area contributed by atoms with Crippen LogP contribution in [0.3, 0.4) is 0 Å². The fraction of sp³-hybridized carbons (Fsp3) is 0.512. The van der Waals surface area contributed by atoms with E-state index in [1.165, 1.54) is 7.11 Å². The third-order valence-corrected chi connectivity index (χ3v) is 19.0. The van der Waals surface area contributed by atoms with Gasteiger partial charge in [-0.1, -0.05) is 145 Å². The summed E-state index contributed by atoms with van der Waals surface area (Å²) in [6, 6.07) is 6.29. The van der Waals surface area contributed by atoms with Crippen molar-refractivity contribution >= 4 is 22.5 Å². The summed E-state index contributed by atoms with van der Waals surface area (Å²) in [5.41, 5.74) is 2.45. The highest BCUT2D eigenvalue weighted by atomic mass is 28.4. The van der Waals surface area contributed by atoms with Gasteiger partial charge in [0.15, 0.2) is 22.4 Å². The lowest BCUT2D eigenvalue weighted by atomic mass is 9.98. The van der Waals surface area contributed by atoms with E-state index in [9.17, 15) is 4.79 Å². The number of carbonyl (C=O) groups excluding carboxylic acids is 1. The molecule has 0 aromatic rings. The van der Waals surface area contributed by atoms with Crippen molar-refractivity contribution in [3.8, 4) is 0 Å². The van der Waals surface area contributed by atoms with Crippen LogP contribution in [0.1, 0.15) is 82.6 Å². The van der Waals surface area contributed by atoms with Gasteiger partial charge >= 0.3 is 0 Å². The first-order valence-electron chi connectivity index (χ1n) is 18.6. The average Bonchev–Trinajstić information content (AvgIpc) is 3.11. The minimum absolute atomic E-state index is 0.0339. The number of allylic oxidation sites excluding steroid dienone is 14. The highest BCUT2D eigenvalue weighted by molar-refractivity contribution is 6.74. The van der Waals surface area contributed by atoms with Gasteiger partial charge < -0.3 is 18.9 Å². The van der Waals surface area contributed by atoms with Crippen molar-refractivity contribution in [3.05, 3.63) is 121 Å². The normalized spacial score (nSPS) is 16.7. The molecule has 0 rings (SSSR count). The molecule has 0 saturated heterocycles. The molecular weight excluding hydrogens is 651 g/mol. The topological polar surface area (TPSA) is 56.8 Å². The predicted octanol–water partition coefficient (Wildman–Crippen LogP) is 12.0. The molecule has 0 fully saturated rings. The van der Waals surface area contributed by atoms with E-state index in [4.69, 9.17) is 13.6 Å². The number of ether oxygens (including phenoxy) is 1. The summed E-state index contributed by atoms with van der Waals surface area (Å²) < 4.78 is 20.0. The number of hydrogen-bond acceptors (Lipinski definition) is 4. The molecule has 0 unspecified atom stereocenters. The van der Waals surface area contributed by atoms with Gasteiger partial charge in [0.2, 0.25) is 0 Å². The molecule has 1 amide bonds. The van der Waals surface area contributed by atoms with Crippen molar-refractivity contribution in [3.63, 3.8) is 0 Å². The monoisotopic (exact) mass is 721 g/mol. The second-order valence-electron chi connectivity index (χ2n) is 13.3. The molecule has 0 saturated carbocycles. The predicted molar refractivity (Wildman–Crippen MR) is 224 cm³/mol. The van der Waals surface area contributed by atoms with Crippen LogP contribution in [-0.2, 0) is 18.4 Å². The Morgan fingerprint density at radius 1 is 0.800 bits per heavy atom. The highest BCUT2D eigenvalue weighted by Gasteiger charge is 2.44. The van der Waals surface area contributed by atoms with Crippen LogP contribution < -0.4 is 5.32 Å². The molecule has 7 heteroatoms. The van der Waals surface area contributed by atoms with Crippen molar-refractivity contribution < 1.29 is 18.4 Å². The average molecular weight is 722 g/mol. The Bertz CT molecular complexity index is 1270. The third kappa shape index (κ3) is 16.8. The molecule has 0 spiro atoms. The van der Waals surface area contributed by atoms with Crippen molar-refractivity contribution in [2.24, 2.45) is 0 Å². The molecule has 0 aliphatic heterocycles. The smallest absolute Gasteiger partial charge is 0.286 e.